The topological polar surface area (TPSA) is 87.1 Å². The van der Waals surface area contributed by atoms with Crippen molar-refractivity contribution in [2.45, 2.75) is 51.4 Å². The lowest BCUT2D eigenvalue weighted by Gasteiger charge is -2.27. The van der Waals surface area contributed by atoms with Gasteiger partial charge in [-0.15, -0.1) is 0 Å². The summed E-state index contributed by atoms with van der Waals surface area (Å²) < 4.78 is 5.16. The number of rotatable bonds is 2. The molecular weight excluding hydrogens is 226 g/mol. The second-order valence-electron chi connectivity index (χ2n) is 5.27. The fourth-order valence-electron chi connectivity index (χ4n) is 1.83. The summed E-state index contributed by atoms with van der Waals surface area (Å²) >= 11 is 0. The fourth-order valence-corrected chi connectivity index (χ4v) is 1.83. The average Bonchev–Trinajstić information content (AvgIpc) is 2.42. The van der Waals surface area contributed by atoms with E-state index in [4.69, 9.17) is 9.84 Å². The molecule has 1 aliphatic rings. The summed E-state index contributed by atoms with van der Waals surface area (Å²) in [6.07, 6.45) is -1.13. The zero-order chi connectivity index (χ0) is 13.2. The molecule has 0 unspecified atom stereocenters. The van der Waals surface area contributed by atoms with Crippen molar-refractivity contribution in [3.63, 3.8) is 0 Å². The zero-order valence-electron chi connectivity index (χ0n) is 10.3. The van der Waals surface area contributed by atoms with E-state index < -0.39 is 29.8 Å². The van der Waals surface area contributed by atoms with E-state index in [1.54, 1.807) is 20.8 Å². The Balaban J connectivity index is 2.66. The number of carbonyl (C=O) groups excluding carboxylic acids is 1. The molecule has 0 saturated carbocycles. The largest absolute Gasteiger partial charge is 0.481 e. The molecule has 6 heteroatoms. The van der Waals surface area contributed by atoms with Crippen LogP contribution in [-0.2, 0) is 9.53 Å². The smallest absolute Gasteiger partial charge is 0.410 e. The van der Waals surface area contributed by atoms with Crippen LogP contribution in [0.1, 0.15) is 33.6 Å². The molecule has 1 saturated heterocycles. The van der Waals surface area contributed by atoms with Gasteiger partial charge in [0.25, 0.3) is 0 Å². The molecule has 1 rings (SSSR count). The van der Waals surface area contributed by atoms with Crippen molar-refractivity contribution >= 4 is 12.1 Å². The Morgan fingerprint density at radius 3 is 2.47 bits per heavy atom. The maximum absolute atomic E-state index is 11.8. The highest BCUT2D eigenvalue weighted by atomic mass is 16.6. The Bertz CT molecular complexity index is 309. The first-order chi connectivity index (χ1) is 7.69. The number of likely N-dealkylation sites (tertiary alicyclic amines) is 1. The first-order valence-corrected chi connectivity index (χ1v) is 5.58. The van der Waals surface area contributed by atoms with E-state index in [0.717, 1.165) is 0 Å². The molecule has 0 aromatic carbocycles. The van der Waals surface area contributed by atoms with Gasteiger partial charge in [-0.1, -0.05) is 0 Å². The van der Waals surface area contributed by atoms with Crippen LogP contribution in [0.25, 0.3) is 0 Å². The van der Waals surface area contributed by atoms with E-state index in [1.807, 2.05) is 0 Å². The third-order valence-corrected chi connectivity index (χ3v) is 2.43. The number of aliphatic hydroxyl groups excluding tert-OH is 1. The van der Waals surface area contributed by atoms with Crippen molar-refractivity contribution in [3.8, 4) is 0 Å². The third-order valence-electron chi connectivity index (χ3n) is 2.43. The highest BCUT2D eigenvalue weighted by Gasteiger charge is 2.37. The van der Waals surface area contributed by atoms with Crippen molar-refractivity contribution in [2.24, 2.45) is 0 Å². The SMILES string of the molecule is CC(C)(C)OC(=O)N1C[C@H](O)C[C@H]1CC(=O)O. The standard InChI is InChI=1S/C11H19NO5/c1-11(2,3)17-10(16)12-6-8(13)4-7(12)5-9(14)15/h7-8,13H,4-6H2,1-3H3,(H,14,15)/t7-,8+/m0/s1. The highest BCUT2D eigenvalue weighted by molar-refractivity contribution is 5.72. The quantitative estimate of drug-likeness (QED) is 0.752. The molecule has 0 aromatic heterocycles. The van der Waals surface area contributed by atoms with Gasteiger partial charge in [0.15, 0.2) is 0 Å². The summed E-state index contributed by atoms with van der Waals surface area (Å²) in [5.74, 6) is -0.988. The first kappa shape index (κ1) is 13.8. The van der Waals surface area contributed by atoms with Crippen LogP contribution in [0.2, 0.25) is 0 Å². The molecular formula is C11H19NO5. The second-order valence-corrected chi connectivity index (χ2v) is 5.27. The van der Waals surface area contributed by atoms with Gasteiger partial charge < -0.3 is 19.8 Å². The van der Waals surface area contributed by atoms with Crippen LogP contribution in [0.4, 0.5) is 4.79 Å². The normalized spacial score (nSPS) is 24.8. The lowest BCUT2D eigenvalue weighted by molar-refractivity contribution is -0.138. The number of hydrogen-bond donors (Lipinski definition) is 2. The molecule has 1 fully saturated rings. The van der Waals surface area contributed by atoms with E-state index >= 15 is 0 Å². The van der Waals surface area contributed by atoms with Gasteiger partial charge in [0.1, 0.15) is 5.60 Å². The van der Waals surface area contributed by atoms with E-state index in [1.165, 1.54) is 4.90 Å². The van der Waals surface area contributed by atoms with Gasteiger partial charge in [-0.3, -0.25) is 4.79 Å². The van der Waals surface area contributed by atoms with Crippen molar-refractivity contribution in [2.75, 3.05) is 6.54 Å². The van der Waals surface area contributed by atoms with Crippen molar-refractivity contribution in [3.05, 3.63) is 0 Å². The van der Waals surface area contributed by atoms with Gasteiger partial charge in [-0.25, -0.2) is 4.79 Å². The number of aliphatic hydroxyl groups is 1. The monoisotopic (exact) mass is 245 g/mol. The van der Waals surface area contributed by atoms with Crippen LogP contribution in [0.3, 0.4) is 0 Å². The summed E-state index contributed by atoms with van der Waals surface area (Å²) in [5, 5.41) is 18.2. The maximum atomic E-state index is 11.8. The number of amides is 1. The Morgan fingerprint density at radius 2 is 2.00 bits per heavy atom. The van der Waals surface area contributed by atoms with Crippen molar-refractivity contribution < 1.29 is 24.5 Å². The van der Waals surface area contributed by atoms with Gasteiger partial charge in [0, 0.05) is 6.04 Å². The Morgan fingerprint density at radius 1 is 1.41 bits per heavy atom. The number of hydrogen-bond acceptors (Lipinski definition) is 4. The minimum Gasteiger partial charge on any atom is -0.481 e. The summed E-state index contributed by atoms with van der Waals surface area (Å²) in [6, 6.07) is -0.489. The molecule has 2 atom stereocenters. The molecule has 1 aliphatic heterocycles. The van der Waals surface area contributed by atoms with Crippen molar-refractivity contribution in [1.29, 1.82) is 0 Å². The molecule has 98 valence electrons. The summed E-state index contributed by atoms with van der Waals surface area (Å²) in [5.41, 5.74) is -0.627. The summed E-state index contributed by atoms with van der Waals surface area (Å²) in [4.78, 5) is 23.7. The van der Waals surface area contributed by atoms with Crippen LogP contribution >= 0.6 is 0 Å². The minimum atomic E-state index is -0.988. The summed E-state index contributed by atoms with van der Waals surface area (Å²) in [7, 11) is 0. The molecule has 0 aromatic rings. The number of carboxylic acids is 1. The molecule has 0 bridgehead atoms. The minimum absolute atomic E-state index is 0.132. The van der Waals surface area contributed by atoms with Gasteiger partial charge in [-0.05, 0) is 27.2 Å². The molecule has 0 aliphatic carbocycles. The molecule has 0 radical (unpaired) electrons. The molecule has 1 heterocycles. The van der Waals surface area contributed by atoms with Gasteiger partial charge in [0.2, 0.25) is 0 Å². The fraction of sp³-hybridized carbons (Fsp3) is 0.818. The first-order valence-electron chi connectivity index (χ1n) is 5.58. The predicted octanol–water partition coefficient (Wildman–Crippen LogP) is 0.831. The second kappa shape index (κ2) is 4.91. The van der Waals surface area contributed by atoms with Gasteiger partial charge in [-0.2, -0.15) is 0 Å². The maximum Gasteiger partial charge on any atom is 0.410 e. The molecule has 17 heavy (non-hydrogen) atoms. The number of carboxylic acid groups (broad SMARTS) is 1. The molecule has 0 spiro atoms. The number of aliphatic carboxylic acids is 1. The van der Waals surface area contributed by atoms with E-state index in [2.05, 4.69) is 0 Å². The highest BCUT2D eigenvalue weighted by Crippen LogP contribution is 2.23. The number of ether oxygens (including phenoxy) is 1. The third kappa shape index (κ3) is 4.22. The van der Waals surface area contributed by atoms with Gasteiger partial charge >= 0.3 is 12.1 Å². The Labute approximate surface area is 100 Å². The Kier molecular flexibility index (Phi) is 3.98. The van der Waals surface area contributed by atoms with E-state index in [-0.39, 0.29) is 19.4 Å². The number of carbonyl (C=O) groups is 2. The lowest BCUT2D eigenvalue weighted by Crippen LogP contribution is -2.41. The molecule has 6 nitrogen and oxygen atoms in total. The van der Waals surface area contributed by atoms with Crippen LogP contribution in [0.15, 0.2) is 0 Å². The van der Waals surface area contributed by atoms with Gasteiger partial charge in [0.05, 0.1) is 19.1 Å². The average molecular weight is 245 g/mol. The molecule has 1 amide bonds. The van der Waals surface area contributed by atoms with Crippen LogP contribution in [-0.4, -0.2) is 51.5 Å². The van der Waals surface area contributed by atoms with Crippen LogP contribution in [0, 0.1) is 0 Å². The van der Waals surface area contributed by atoms with Crippen LogP contribution < -0.4 is 0 Å². The predicted molar refractivity (Wildman–Crippen MR) is 59.6 cm³/mol. The lowest BCUT2D eigenvalue weighted by atomic mass is 10.1. The van der Waals surface area contributed by atoms with E-state index in [0.29, 0.717) is 0 Å². The summed E-state index contributed by atoms with van der Waals surface area (Å²) in [6.45, 7) is 5.35. The van der Waals surface area contributed by atoms with Crippen molar-refractivity contribution in [1.82, 2.24) is 4.90 Å². The zero-order valence-corrected chi connectivity index (χ0v) is 10.3. The van der Waals surface area contributed by atoms with Crippen LogP contribution in [0.5, 0.6) is 0 Å². The Hall–Kier alpha value is -1.30. The van der Waals surface area contributed by atoms with E-state index in [9.17, 15) is 14.7 Å². The number of nitrogens with zero attached hydrogens (tertiary/aromatic N) is 1. The number of β-amino-alcohol motifs (C(OH)–C–C–N with tert-alkyl or cyclic N) is 1. The molecule has 2 N–H and O–H groups in total.